The van der Waals surface area contributed by atoms with E-state index in [2.05, 4.69) is 30.1 Å². The summed E-state index contributed by atoms with van der Waals surface area (Å²) in [7, 11) is 0. The molecule has 5 N–H and O–H groups in total. The molecular weight excluding hydrogens is 306 g/mol. The molecule has 21 heavy (non-hydrogen) atoms. The summed E-state index contributed by atoms with van der Waals surface area (Å²) >= 11 is 8.67. The van der Waals surface area contributed by atoms with E-state index >= 15 is 0 Å². The van der Waals surface area contributed by atoms with Crippen molar-refractivity contribution in [2.24, 2.45) is 11.5 Å². The first kappa shape index (κ1) is 15.0. The number of thiocarbonyl (C=S) groups is 2. The van der Waals surface area contributed by atoms with E-state index < -0.39 is 5.17 Å². The van der Waals surface area contributed by atoms with E-state index in [1.54, 1.807) is 4.73 Å². The maximum absolute atomic E-state index is 7.56. The van der Waals surface area contributed by atoms with Crippen molar-refractivity contribution in [1.82, 2.24) is 4.73 Å². The largest absolute Gasteiger partial charge is 0.487 e. The fourth-order valence-corrected chi connectivity index (χ4v) is 2.15. The number of rotatable bonds is 1. The van der Waals surface area contributed by atoms with Gasteiger partial charge in [-0.3, -0.25) is 0 Å². The molecule has 5 nitrogen and oxygen atoms in total. The second kappa shape index (κ2) is 6.38. The molecule has 0 saturated carbocycles. The third kappa shape index (κ3) is 3.39. The minimum Gasteiger partial charge on any atom is -0.487 e. The standard InChI is InChI=1S/C13H10N2OS.CH3NOS/c14-13(17)16-15-11-7-3-1-5-9(11)10-6-2-4-8-12(10)15;2-1(3)4/h1-8H,(H2,14,17);(H3,2,3,4). The summed E-state index contributed by atoms with van der Waals surface area (Å²) in [5.74, 6) is 0. The Hall–Kier alpha value is -2.38. The summed E-state index contributed by atoms with van der Waals surface area (Å²) in [5.41, 5.74) is 11.8. The smallest absolute Gasteiger partial charge is 0.284 e. The fraction of sp³-hybridized carbons (Fsp3) is 0. The Morgan fingerprint density at radius 2 is 1.29 bits per heavy atom. The van der Waals surface area contributed by atoms with Crippen LogP contribution < -0.4 is 16.3 Å². The van der Waals surface area contributed by atoms with Gasteiger partial charge in [-0.2, -0.15) is 4.73 Å². The highest BCUT2D eigenvalue weighted by Gasteiger charge is 2.10. The van der Waals surface area contributed by atoms with E-state index in [4.69, 9.17) is 27.9 Å². The third-order valence-corrected chi connectivity index (χ3v) is 2.79. The molecule has 0 amide bonds. The number of aromatic nitrogens is 1. The predicted octanol–water partition coefficient (Wildman–Crippen LogP) is 2.25. The van der Waals surface area contributed by atoms with Crippen LogP contribution in [0.15, 0.2) is 48.5 Å². The molecule has 3 rings (SSSR count). The van der Waals surface area contributed by atoms with Crippen LogP contribution in [-0.2, 0) is 0 Å². The normalized spacial score (nSPS) is 9.90. The summed E-state index contributed by atoms with van der Waals surface area (Å²) in [6.45, 7) is 0. The molecule has 7 heteroatoms. The van der Waals surface area contributed by atoms with Gasteiger partial charge in [0.15, 0.2) is 0 Å². The van der Waals surface area contributed by atoms with Crippen molar-refractivity contribution in [1.29, 1.82) is 0 Å². The number of hydrogen-bond donors (Lipinski definition) is 3. The van der Waals surface area contributed by atoms with Crippen LogP contribution in [0.4, 0.5) is 0 Å². The molecule has 108 valence electrons. The van der Waals surface area contributed by atoms with Crippen LogP contribution in [0, 0.1) is 0 Å². The summed E-state index contributed by atoms with van der Waals surface area (Å²) in [5, 5.41) is 9.32. The Labute approximate surface area is 131 Å². The lowest BCUT2D eigenvalue weighted by molar-refractivity contribution is 0.294. The van der Waals surface area contributed by atoms with Crippen LogP contribution in [0.5, 0.6) is 0 Å². The van der Waals surface area contributed by atoms with E-state index in [-0.39, 0.29) is 5.17 Å². The van der Waals surface area contributed by atoms with Crippen molar-refractivity contribution in [2.75, 3.05) is 0 Å². The first-order valence-corrected chi connectivity index (χ1v) is 6.76. The summed E-state index contributed by atoms with van der Waals surface area (Å²) in [6.07, 6.45) is 0. The minimum atomic E-state index is -0.500. The zero-order chi connectivity index (χ0) is 15.4. The number of benzene rings is 2. The third-order valence-electron chi connectivity index (χ3n) is 2.72. The number of para-hydroxylation sites is 2. The second-order valence-corrected chi connectivity index (χ2v) is 4.90. The first-order valence-electron chi connectivity index (χ1n) is 5.95. The summed E-state index contributed by atoms with van der Waals surface area (Å²) < 4.78 is 1.67. The maximum Gasteiger partial charge on any atom is 0.284 e. The van der Waals surface area contributed by atoms with Crippen molar-refractivity contribution in [3.63, 3.8) is 0 Å². The van der Waals surface area contributed by atoms with Crippen molar-refractivity contribution < 1.29 is 9.94 Å². The van der Waals surface area contributed by atoms with Gasteiger partial charge in [0.2, 0.25) is 0 Å². The molecule has 0 atom stereocenters. The number of aliphatic hydroxyl groups excluding tert-OH is 1. The van der Waals surface area contributed by atoms with Crippen molar-refractivity contribution in [2.45, 2.75) is 0 Å². The van der Waals surface area contributed by atoms with Gasteiger partial charge in [-0.05, 0) is 36.6 Å². The second-order valence-electron chi connectivity index (χ2n) is 4.08. The average Bonchev–Trinajstić information content (AvgIpc) is 2.73. The number of aliphatic hydroxyl groups is 1. The number of hydrogen-bond acceptors (Lipinski definition) is 3. The molecule has 0 aliphatic heterocycles. The average molecular weight is 319 g/mol. The molecule has 0 saturated heterocycles. The summed E-state index contributed by atoms with van der Waals surface area (Å²) in [4.78, 5) is 5.41. The van der Waals surface area contributed by atoms with E-state index in [9.17, 15) is 0 Å². The highest BCUT2D eigenvalue weighted by Crippen LogP contribution is 2.27. The minimum absolute atomic E-state index is 0.0107. The monoisotopic (exact) mass is 319 g/mol. The molecule has 0 unspecified atom stereocenters. The van der Waals surface area contributed by atoms with Crippen molar-refractivity contribution in [3.05, 3.63) is 48.5 Å². The molecule has 3 aromatic rings. The molecule has 0 radical (unpaired) electrons. The number of nitrogens with zero attached hydrogens (tertiary/aromatic N) is 1. The first-order chi connectivity index (χ1) is 10.0. The van der Waals surface area contributed by atoms with Gasteiger partial charge in [-0.25, -0.2) is 0 Å². The van der Waals surface area contributed by atoms with Crippen LogP contribution in [0.25, 0.3) is 21.8 Å². The van der Waals surface area contributed by atoms with Crippen molar-refractivity contribution >= 4 is 56.6 Å². The molecule has 2 aromatic carbocycles. The Bertz CT molecular complexity index is 757. The number of nitrogens with two attached hydrogens (primary N) is 2. The van der Waals surface area contributed by atoms with Crippen LogP contribution in [0.1, 0.15) is 0 Å². The van der Waals surface area contributed by atoms with E-state index in [0.717, 1.165) is 21.8 Å². The van der Waals surface area contributed by atoms with Gasteiger partial charge in [0.05, 0.1) is 11.0 Å². The van der Waals surface area contributed by atoms with Gasteiger partial charge >= 0.3 is 0 Å². The Morgan fingerprint density at radius 3 is 1.67 bits per heavy atom. The fourth-order valence-electron chi connectivity index (χ4n) is 2.08. The van der Waals surface area contributed by atoms with Crippen molar-refractivity contribution in [3.8, 4) is 0 Å². The van der Waals surface area contributed by atoms with E-state index in [0.29, 0.717) is 0 Å². The molecule has 0 spiro atoms. The highest BCUT2D eigenvalue weighted by molar-refractivity contribution is 7.80. The van der Waals surface area contributed by atoms with Gasteiger partial charge in [0.1, 0.15) is 0 Å². The molecule has 0 fully saturated rings. The molecule has 0 bridgehead atoms. The summed E-state index contributed by atoms with van der Waals surface area (Å²) in [6, 6.07) is 16.0. The predicted molar refractivity (Wildman–Crippen MR) is 92.2 cm³/mol. The molecule has 0 aliphatic rings. The van der Waals surface area contributed by atoms with E-state index in [1.165, 1.54) is 0 Å². The van der Waals surface area contributed by atoms with Crippen LogP contribution in [0.3, 0.4) is 0 Å². The van der Waals surface area contributed by atoms with Gasteiger partial charge in [0.25, 0.3) is 10.3 Å². The van der Waals surface area contributed by atoms with Gasteiger partial charge in [0, 0.05) is 10.8 Å². The van der Waals surface area contributed by atoms with E-state index in [1.807, 2.05) is 36.4 Å². The van der Waals surface area contributed by atoms with Crippen LogP contribution in [0.2, 0.25) is 0 Å². The maximum atomic E-state index is 7.56. The Kier molecular flexibility index (Phi) is 4.56. The molecule has 1 heterocycles. The van der Waals surface area contributed by atoms with Crippen LogP contribution in [-0.4, -0.2) is 20.2 Å². The zero-order valence-electron chi connectivity index (χ0n) is 10.9. The van der Waals surface area contributed by atoms with Gasteiger partial charge < -0.3 is 21.4 Å². The quantitative estimate of drug-likeness (QED) is 0.597. The Balaban J connectivity index is 0.000000361. The Morgan fingerprint density at radius 1 is 0.905 bits per heavy atom. The van der Waals surface area contributed by atoms with Crippen LogP contribution >= 0.6 is 24.4 Å². The molecule has 1 aromatic heterocycles. The molecular formula is C14H13N3O2S2. The lowest BCUT2D eigenvalue weighted by Crippen LogP contribution is -2.24. The lowest BCUT2D eigenvalue weighted by atomic mass is 10.2. The highest BCUT2D eigenvalue weighted by atomic mass is 32.1. The van der Waals surface area contributed by atoms with Gasteiger partial charge in [-0.15, -0.1) is 0 Å². The SMILES string of the molecule is NC(=S)On1c2ccccc2c2ccccc21.NC(O)=S. The molecule has 0 aliphatic carbocycles. The lowest BCUT2D eigenvalue weighted by Gasteiger charge is -2.06. The zero-order valence-corrected chi connectivity index (χ0v) is 12.5. The topological polar surface area (TPSA) is 86.4 Å². The number of fused-ring (bicyclic) bond motifs is 3. The van der Waals surface area contributed by atoms with Gasteiger partial charge in [-0.1, -0.05) is 36.4 Å².